The lowest BCUT2D eigenvalue weighted by Crippen LogP contribution is -2.63. The summed E-state index contributed by atoms with van der Waals surface area (Å²) in [4.78, 5) is 4.44. The number of rotatable bonds is 1. The second-order valence-electron chi connectivity index (χ2n) is 10.9. The number of hydrogen-bond donors (Lipinski definition) is 3. The van der Waals surface area contributed by atoms with Gasteiger partial charge >= 0.3 is 0 Å². The zero-order valence-corrected chi connectivity index (χ0v) is 18.3. The van der Waals surface area contributed by atoms with Crippen LogP contribution in [0.15, 0.2) is 17.8 Å². The molecular weight excluding hydrogens is 364 g/mol. The van der Waals surface area contributed by atoms with Crippen molar-refractivity contribution in [1.29, 1.82) is 0 Å². The third kappa shape index (κ3) is 2.25. The lowest BCUT2D eigenvalue weighted by molar-refractivity contribution is -0.219. The zero-order chi connectivity index (χ0) is 20.8. The summed E-state index contributed by atoms with van der Waals surface area (Å²) in [5.41, 5.74) is -0.216. The van der Waals surface area contributed by atoms with Crippen molar-refractivity contribution in [2.75, 3.05) is 0 Å². The molecule has 29 heavy (non-hydrogen) atoms. The topological polar surface area (TPSA) is 78.5 Å². The average molecular weight is 401 g/mol. The fourth-order valence-corrected chi connectivity index (χ4v) is 7.92. The van der Waals surface area contributed by atoms with Gasteiger partial charge in [0.15, 0.2) is 0 Å². The van der Waals surface area contributed by atoms with Gasteiger partial charge in [0.05, 0.1) is 23.6 Å². The van der Waals surface area contributed by atoms with E-state index < -0.39 is 16.6 Å². The first-order chi connectivity index (χ1) is 13.6. The van der Waals surface area contributed by atoms with Crippen molar-refractivity contribution in [3.63, 3.8) is 0 Å². The minimum Gasteiger partial charge on any atom is -0.393 e. The van der Waals surface area contributed by atoms with Gasteiger partial charge in [0.2, 0.25) is 0 Å². The Labute approximate surface area is 173 Å². The van der Waals surface area contributed by atoms with Crippen LogP contribution in [0.3, 0.4) is 0 Å². The number of allylic oxidation sites excluding steroid dienone is 1. The second-order valence-corrected chi connectivity index (χ2v) is 10.9. The summed E-state index contributed by atoms with van der Waals surface area (Å²) in [6.45, 7) is 6.43. The molecule has 0 unspecified atom stereocenters. The van der Waals surface area contributed by atoms with E-state index in [1.165, 1.54) is 5.57 Å². The van der Waals surface area contributed by atoms with Gasteiger partial charge in [0, 0.05) is 12.5 Å². The third-order valence-electron chi connectivity index (χ3n) is 10.1. The van der Waals surface area contributed by atoms with E-state index in [0.717, 1.165) is 50.0 Å². The Balaban J connectivity index is 1.57. The van der Waals surface area contributed by atoms with Gasteiger partial charge < -0.3 is 19.9 Å². The minimum atomic E-state index is -1.06. The Kier molecular flexibility index (Phi) is 4.06. The molecule has 0 amide bonds. The van der Waals surface area contributed by atoms with Gasteiger partial charge in [-0.1, -0.05) is 25.5 Å². The molecule has 0 aliphatic heterocycles. The molecule has 160 valence electrons. The van der Waals surface area contributed by atoms with Gasteiger partial charge in [-0.3, -0.25) is 0 Å². The van der Waals surface area contributed by atoms with Crippen LogP contribution < -0.4 is 0 Å². The number of nitrogens with zero attached hydrogens (tertiary/aromatic N) is 2. The lowest BCUT2D eigenvalue weighted by atomic mass is 9.45. The molecule has 0 aromatic carbocycles. The first-order valence-electron chi connectivity index (χ1n) is 11.4. The standard InChI is InChI=1S/C24H36N2O3/c1-15-25-14-20(26(15)4)24(29)12-11-23(28)19-6-5-16-13-17(27)7-9-21(16,2)18(19)8-10-22(23,24)3/h5,14,17-19,27-29H,6-13H2,1-4H3/t17-,18-,19+,21-,22-,23-,24-/m0/s1. The summed E-state index contributed by atoms with van der Waals surface area (Å²) in [5, 5.41) is 34.5. The molecule has 0 radical (unpaired) electrons. The van der Waals surface area contributed by atoms with Gasteiger partial charge in [-0.15, -0.1) is 0 Å². The number of imidazole rings is 1. The van der Waals surface area contributed by atoms with Crippen LogP contribution in [-0.2, 0) is 12.6 Å². The summed E-state index contributed by atoms with van der Waals surface area (Å²) in [6.07, 6.45) is 10.4. The molecule has 0 spiro atoms. The molecule has 3 fully saturated rings. The van der Waals surface area contributed by atoms with Crippen LogP contribution in [-0.4, -0.2) is 36.6 Å². The molecule has 1 heterocycles. The van der Waals surface area contributed by atoms with Gasteiger partial charge in [-0.2, -0.15) is 0 Å². The molecule has 4 aliphatic rings. The number of aryl methyl sites for hydroxylation is 1. The van der Waals surface area contributed by atoms with Crippen LogP contribution in [0.4, 0.5) is 0 Å². The monoisotopic (exact) mass is 400 g/mol. The van der Waals surface area contributed by atoms with Gasteiger partial charge in [-0.25, -0.2) is 4.98 Å². The van der Waals surface area contributed by atoms with Crippen molar-refractivity contribution < 1.29 is 15.3 Å². The minimum absolute atomic E-state index is 0.0725. The maximum atomic E-state index is 12.2. The van der Waals surface area contributed by atoms with E-state index in [-0.39, 0.29) is 17.4 Å². The number of aliphatic hydroxyl groups is 3. The Morgan fingerprint density at radius 2 is 1.83 bits per heavy atom. The predicted octanol–water partition coefficient (Wildman–Crippen LogP) is 3.35. The fraction of sp³-hybridized carbons (Fsp3) is 0.792. The van der Waals surface area contributed by atoms with Crippen LogP contribution in [0, 0.1) is 29.6 Å². The molecule has 3 N–H and O–H groups in total. The molecule has 3 saturated carbocycles. The molecule has 0 bridgehead atoms. The van der Waals surface area contributed by atoms with E-state index in [2.05, 4.69) is 24.9 Å². The number of aliphatic hydroxyl groups excluding tert-OH is 1. The summed E-state index contributed by atoms with van der Waals surface area (Å²) in [5.74, 6) is 1.47. The van der Waals surface area contributed by atoms with Crippen molar-refractivity contribution in [1.82, 2.24) is 9.55 Å². The highest BCUT2D eigenvalue weighted by Crippen LogP contribution is 2.70. The summed E-state index contributed by atoms with van der Waals surface area (Å²) >= 11 is 0. The quantitative estimate of drug-likeness (QED) is 0.632. The molecule has 5 nitrogen and oxygen atoms in total. The van der Waals surface area contributed by atoms with Gasteiger partial charge in [-0.05, 0) is 75.5 Å². The third-order valence-corrected chi connectivity index (χ3v) is 10.1. The molecule has 1 aromatic rings. The van der Waals surface area contributed by atoms with Crippen molar-refractivity contribution in [2.45, 2.75) is 89.4 Å². The zero-order valence-electron chi connectivity index (χ0n) is 18.3. The smallest absolute Gasteiger partial charge is 0.114 e. The molecule has 5 rings (SSSR count). The summed E-state index contributed by atoms with van der Waals surface area (Å²) in [7, 11) is 1.96. The number of fused-ring (bicyclic) bond motifs is 5. The van der Waals surface area contributed by atoms with E-state index in [1.54, 1.807) is 6.20 Å². The highest BCUT2D eigenvalue weighted by Gasteiger charge is 2.72. The van der Waals surface area contributed by atoms with Crippen LogP contribution in [0.1, 0.15) is 76.7 Å². The first kappa shape index (κ1) is 19.8. The predicted molar refractivity (Wildman–Crippen MR) is 111 cm³/mol. The SMILES string of the molecule is Cc1ncc([C@@]2(O)CC[C@]3(O)[C@@H]4CC=C5C[C@@H](O)CC[C@]5(C)[C@H]4CC[C@]23C)n1C. The molecule has 1 aromatic heterocycles. The van der Waals surface area contributed by atoms with Crippen molar-refractivity contribution in [2.24, 2.45) is 29.7 Å². The largest absolute Gasteiger partial charge is 0.393 e. The summed E-state index contributed by atoms with van der Waals surface area (Å²) in [6, 6.07) is 0. The van der Waals surface area contributed by atoms with Crippen LogP contribution in [0.25, 0.3) is 0 Å². The van der Waals surface area contributed by atoms with E-state index in [0.29, 0.717) is 18.8 Å². The van der Waals surface area contributed by atoms with Crippen molar-refractivity contribution in [3.8, 4) is 0 Å². The molecule has 7 atom stereocenters. The summed E-state index contributed by atoms with van der Waals surface area (Å²) < 4.78 is 1.99. The molecule has 0 saturated heterocycles. The van der Waals surface area contributed by atoms with Crippen LogP contribution in [0.5, 0.6) is 0 Å². The maximum Gasteiger partial charge on any atom is 0.114 e. The molecular formula is C24H36N2O3. The van der Waals surface area contributed by atoms with E-state index in [9.17, 15) is 15.3 Å². The highest BCUT2D eigenvalue weighted by molar-refractivity contribution is 5.32. The maximum absolute atomic E-state index is 12.2. The second kappa shape index (κ2) is 5.95. The first-order valence-corrected chi connectivity index (χ1v) is 11.4. The van der Waals surface area contributed by atoms with Gasteiger partial charge in [0.25, 0.3) is 0 Å². The normalized spacial score (nSPS) is 49.2. The van der Waals surface area contributed by atoms with Crippen LogP contribution >= 0.6 is 0 Å². The van der Waals surface area contributed by atoms with Gasteiger partial charge in [0.1, 0.15) is 11.4 Å². The number of aromatic nitrogens is 2. The Bertz CT molecular complexity index is 877. The van der Waals surface area contributed by atoms with E-state index >= 15 is 0 Å². The van der Waals surface area contributed by atoms with Crippen molar-refractivity contribution in [3.05, 3.63) is 29.4 Å². The highest BCUT2D eigenvalue weighted by atomic mass is 16.3. The molecule has 4 aliphatic carbocycles. The Morgan fingerprint density at radius 1 is 1.07 bits per heavy atom. The van der Waals surface area contributed by atoms with Crippen LogP contribution in [0.2, 0.25) is 0 Å². The average Bonchev–Trinajstić information content (AvgIpc) is 3.12. The fourth-order valence-electron chi connectivity index (χ4n) is 7.92. The Morgan fingerprint density at radius 3 is 2.52 bits per heavy atom. The Hall–Kier alpha value is -1.17. The van der Waals surface area contributed by atoms with E-state index in [1.807, 2.05) is 18.5 Å². The lowest BCUT2D eigenvalue weighted by Gasteiger charge is -2.62. The van der Waals surface area contributed by atoms with E-state index in [4.69, 9.17) is 0 Å². The molecule has 5 heteroatoms. The number of hydrogen-bond acceptors (Lipinski definition) is 4. The van der Waals surface area contributed by atoms with Crippen molar-refractivity contribution >= 4 is 0 Å².